The van der Waals surface area contributed by atoms with Crippen LogP contribution in [0.2, 0.25) is 0 Å². The van der Waals surface area contributed by atoms with Crippen LogP contribution in [0.3, 0.4) is 0 Å². The van der Waals surface area contributed by atoms with Crippen molar-refractivity contribution in [3.8, 4) is 0 Å². The third-order valence-electron chi connectivity index (χ3n) is 4.62. The quantitative estimate of drug-likeness (QED) is 0.694. The van der Waals surface area contributed by atoms with E-state index < -0.39 is 0 Å². The van der Waals surface area contributed by atoms with Crippen LogP contribution in [0, 0.1) is 17.3 Å². The molecule has 2 aliphatic heterocycles. The Morgan fingerprint density at radius 3 is 2.82 bits per heavy atom. The number of carbonyl (C=O) groups is 1. The van der Waals surface area contributed by atoms with Gasteiger partial charge in [0.15, 0.2) is 0 Å². The van der Waals surface area contributed by atoms with Crippen LogP contribution in [0.5, 0.6) is 0 Å². The van der Waals surface area contributed by atoms with E-state index in [0.717, 1.165) is 32.1 Å². The number of hydrogen-bond donors (Lipinski definition) is 1. The van der Waals surface area contributed by atoms with Gasteiger partial charge in [0.2, 0.25) is 0 Å². The lowest BCUT2D eigenvalue weighted by atomic mass is 9.56. The summed E-state index contributed by atoms with van der Waals surface area (Å²) in [7, 11) is 0. The molecule has 0 unspecified atom stereocenters. The van der Waals surface area contributed by atoms with Crippen LogP contribution in [-0.4, -0.2) is 42.8 Å². The third-order valence-corrected chi connectivity index (χ3v) is 4.62. The molecular formula is C13H22N2O2. The fourth-order valence-electron chi connectivity index (χ4n) is 3.76. The highest BCUT2D eigenvalue weighted by molar-refractivity contribution is 5.69. The highest BCUT2D eigenvalue weighted by Gasteiger charge is 2.62. The fourth-order valence-corrected chi connectivity index (χ4v) is 3.76. The number of carbonyl (C=O) groups excluding carboxylic acids is 1. The zero-order chi connectivity index (χ0) is 12.3. The molecule has 0 bridgehead atoms. The maximum Gasteiger partial charge on any atom is 0.410 e. The molecule has 2 heterocycles. The highest BCUT2D eigenvalue weighted by atomic mass is 16.6. The maximum absolute atomic E-state index is 12.0. The topological polar surface area (TPSA) is 41.6 Å². The maximum atomic E-state index is 12.0. The first-order valence-corrected chi connectivity index (χ1v) is 6.59. The Balaban J connectivity index is 1.66. The van der Waals surface area contributed by atoms with E-state index in [1.165, 1.54) is 6.42 Å². The molecule has 0 aromatic rings. The fraction of sp³-hybridized carbons (Fsp3) is 0.923. The lowest BCUT2D eigenvalue weighted by Gasteiger charge is -2.46. The van der Waals surface area contributed by atoms with E-state index in [1.54, 1.807) is 0 Å². The van der Waals surface area contributed by atoms with Crippen LogP contribution in [0.4, 0.5) is 4.79 Å². The summed E-state index contributed by atoms with van der Waals surface area (Å²) in [5, 5.41) is 3.48. The number of nitrogens with one attached hydrogen (secondary N) is 1. The predicted molar refractivity (Wildman–Crippen MR) is 64.7 cm³/mol. The van der Waals surface area contributed by atoms with E-state index in [2.05, 4.69) is 5.32 Å². The molecule has 1 N–H and O–H groups in total. The van der Waals surface area contributed by atoms with Crippen molar-refractivity contribution < 1.29 is 9.53 Å². The number of hydrogen-bond acceptors (Lipinski definition) is 3. The summed E-state index contributed by atoms with van der Waals surface area (Å²) in [5.41, 5.74) is 0.000614. The van der Waals surface area contributed by atoms with E-state index in [1.807, 2.05) is 25.7 Å². The van der Waals surface area contributed by atoms with Crippen LogP contribution in [-0.2, 0) is 4.74 Å². The van der Waals surface area contributed by atoms with Crippen molar-refractivity contribution in [3.63, 3.8) is 0 Å². The van der Waals surface area contributed by atoms with Crippen molar-refractivity contribution in [2.75, 3.05) is 26.2 Å². The lowest BCUT2D eigenvalue weighted by Crippen LogP contribution is -2.48. The third kappa shape index (κ3) is 1.65. The van der Waals surface area contributed by atoms with Gasteiger partial charge in [-0.05, 0) is 45.6 Å². The first kappa shape index (κ1) is 11.3. The van der Waals surface area contributed by atoms with Gasteiger partial charge in [0.1, 0.15) is 5.60 Å². The van der Waals surface area contributed by atoms with Crippen LogP contribution in [0.25, 0.3) is 0 Å². The van der Waals surface area contributed by atoms with Gasteiger partial charge in [-0.1, -0.05) is 0 Å². The van der Waals surface area contributed by atoms with Gasteiger partial charge in [0.25, 0.3) is 0 Å². The number of likely N-dealkylation sites (tertiary alicyclic amines) is 1. The summed E-state index contributed by atoms with van der Waals surface area (Å²) >= 11 is 0. The zero-order valence-electron chi connectivity index (χ0n) is 11.0. The zero-order valence-corrected chi connectivity index (χ0v) is 11.0. The molecule has 3 rings (SSSR count). The Morgan fingerprint density at radius 1 is 1.41 bits per heavy atom. The summed E-state index contributed by atoms with van der Waals surface area (Å²) in [5.74, 6) is 1.50. The van der Waals surface area contributed by atoms with Crippen molar-refractivity contribution in [3.05, 3.63) is 0 Å². The second-order valence-corrected chi connectivity index (χ2v) is 6.85. The monoisotopic (exact) mass is 238 g/mol. The Bertz CT molecular complexity index is 350. The summed E-state index contributed by atoms with van der Waals surface area (Å²) in [6.07, 6.45) is 1.15. The van der Waals surface area contributed by atoms with Gasteiger partial charge in [0.05, 0.1) is 0 Å². The molecule has 0 aromatic heterocycles. The van der Waals surface area contributed by atoms with Crippen molar-refractivity contribution in [2.24, 2.45) is 17.3 Å². The van der Waals surface area contributed by atoms with E-state index >= 15 is 0 Å². The molecule has 3 aliphatic rings. The summed E-state index contributed by atoms with van der Waals surface area (Å²) in [6.45, 7) is 9.78. The first-order chi connectivity index (χ1) is 7.91. The molecule has 1 aliphatic carbocycles. The van der Waals surface area contributed by atoms with Crippen molar-refractivity contribution in [1.29, 1.82) is 0 Å². The molecule has 4 heteroatoms. The predicted octanol–water partition coefficient (Wildman–Crippen LogP) is 1.46. The number of rotatable bonds is 0. The van der Waals surface area contributed by atoms with Crippen molar-refractivity contribution in [2.45, 2.75) is 32.8 Å². The van der Waals surface area contributed by atoms with Crippen LogP contribution < -0.4 is 5.32 Å². The molecule has 2 saturated heterocycles. The molecule has 17 heavy (non-hydrogen) atoms. The van der Waals surface area contributed by atoms with Gasteiger partial charge < -0.3 is 15.0 Å². The summed E-state index contributed by atoms with van der Waals surface area (Å²) < 4.78 is 5.46. The van der Waals surface area contributed by atoms with Gasteiger partial charge in [-0.2, -0.15) is 0 Å². The Kier molecular flexibility index (Phi) is 2.25. The smallest absolute Gasteiger partial charge is 0.410 e. The van der Waals surface area contributed by atoms with Crippen LogP contribution >= 0.6 is 0 Å². The molecule has 96 valence electrons. The van der Waals surface area contributed by atoms with E-state index in [-0.39, 0.29) is 11.7 Å². The van der Waals surface area contributed by atoms with Crippen LogP contribution in [0.1, 0.15) is 27.2 Å². The molecule has 3 fully saturated rings. The van der Waals surface area contributed by atoms with Gasteiger partial charge in [-0.15, -0.1) is 0 Å². The first-order valence-electron chi connectivity index (χ1n) is 6.59. The van der Waals surface area contributed by atoms with Gasteiger partial charge >= 0.3 is 6.09 Å². The van der Waals surface area contributed by atoms with Crippen molar-refractivity contribution in [1.82, 2.24) is 10.2 Å². The normalized spacial score (nSPS) is 39.6. The minimum atomic E-state index is -0.385. The van der Waals surface area contributed by atoms with E-state index in [9.17, 15) is 4.79 Å². The van der Waals surface area contributed by atoms with Crippen LogP contribution in [0.15, 0.2) is 0 Å². The van der Waals surface area contributed by atoms with E-state index in [0.29, 0.717) is 11.3 Å². The average molecular weight is 238 g/mol. The average Bonchev–Trinajstić information content (AvgIpc) is 2.65. The molecule has 0 radical (unpaired) electrons. The minimum absolute atomic E-state index is 0.132. The Labute approximate surface area is 103 Å². The Hall–Kier alpha value is -0.770. The summed E-state index contributed by atoms with van der Waals surface area (Å²) in [4.78, 5) is 14.0. The largest absolute Gasteiger partial charge is 0.444 e. The van der Waals surface area contributed by atoms with Gasteiger partial charge in [-0.3, -0.25) is 0 Å². The molecule has 1 saturated carbocycles. The summed E-state index contributed by atoms with van der Waals surface area (Å²) in [6, 6.07) is 0. The molecule has 1 spiro atoms. The molecule has 0 aromatic carbocycles. The van der Waals surface area contributed by atoms with Gasteiger partial charge in [-0.25, -0.2) is 4.79 Å². The molecule has 3 atom stereocenters. The van der Waals surface area contributed by atoms with Crippen molar-refractivity contribution >= 4 is 6.09 Å². The number of amides is 1. The number of nitrogens with zero attached hydrogens (tertiary/aromatic N) is 1. The van der Waals surface area contributed by atoms with E-state index in [4.69, 9.17) is 4.74 Å². The number of ether oxygens (including phenoxy) is 1. The SMILES string of the molecule is CC(C)(C)OC(=O)N1C[C@@H]2C[C@H]3CNC[C@]32C1. The minimum Gasteiger partial charge on any atom is -0.444 e. The Morgan fingerprint density at radius 2 is 2.18 bits per heavy atom. The molecular weight excluding hydrogens is 216 g/mol. The second kappa shape index (κ2) is 3.37. The lowest BCUT2D eigenvalue weighted by molar-refractivity contribution is 0.0238. The second-order valence-electron chi connectivity index (χ2n) is 6.85. The molecule has 1 amide bonds. The standard InChI is InChI=1S/C13H22N2O2/c1-12(2,3)17-11(16)15-6-10-4-9-5-14-7-13(9,10)8-15/h9-10,14H,4-8H2,1-3H3/t9-,10-,13-/m0/s1. The van der Waals surface area contributed by atoms with Gasteiger partial charge in [0, 0.05) is 25.0 Å². The highest BCUT2D eigenvalue weighted by Crippen LogP contribution is 2.57. The molecule has 4 nitrogen and oxygen atoms in total.